The van der Waals surface area contributed by atoms with Gasteiger partial charge >= 0.3 is 0 Å². The molecule has 0 aliphatic heterocycles. The zero-order valence-corrected chi connectivity index (χ0v) is 18.8. The van der Waals surface area contributed by atoms with Crippen molar-refractivity contribution >= 4 is 22.8 Å². The molecule has 0 bridgehead atoms. The fraction of sp³-hybridized carbons (Fsp3) is 0.364. The number of nitrogens with zero attached hydrogens (tertiary/aromatic N) is 6. The molecule has 4 aromatic heterocycles. The van der Waals surface area contributed by atoms with Gasteiger partial charge in [-0.05, 0) is 45.9 Å². The number of fused-ring (bicyclic) bond motifs is 1. The SMILES string of the molecule is CCOc1ncccc1-c1cc(SCc2cnn(C)c2)c2c(n1)c(C)nn2C(C)C. The molecule has 4 aromatic rings. The van der Waals surface area contributed by atoms with E-state index in [2.05, 4.69) is 34.7 Å². The van der Waals surface area contributed by atoms with Crippen LogP contribution < -0.4 is 4.74 Å². The number of hydrogen-bond donors (Lipinski definition) is 0. The predicted octanol–water partition coefficient (Wildman–Crippen LogP) is 4.81. The summed E-state index contributed by atoms with van der Waals surface area (Å²) in [5.74, 6) is 1.42. The summed E-state index contributed by atoms with van der Waals surface area (Å²) >= 11 is 1.77. The van der Waals surface area contributed by atoms with Crippen LogP contribution in [0.25, 0.3) is 22.3 Å². The van der Waals surface area contributed by atoms with E-state index in [9.17, 15) is 0 Å². The second-order valence-corrected chi connectivity index (χ2v) is 8.44. The Kier molecular flexibility index (Phi) is 5.76. The van der Waals surface area contributed by atoms with Crippen LogP contribution in [-0.2, 0) is 12.8 Å². The van der Waals surface area contributed by atoms with Crippen LogP contribution in [0.5, 0.6) is 5.88 Å². The summed E-state index contributed by atoms with van der Waals surface area (Å²) in [5, 5.41) is 9.07. The Bertz CT molecular complexity index is 1180. The van der Waals surface area contributed by atoms with Crippen LogP contribution in [-0.4, -0.2) is 36.1 Å². The van der Waals surface area contributed by atoms with Gasteiger partial charge in [0, 0.05) is 41.7 Å². The van der Waals surface area contributed by atoms with Gasteiger partial charge < -0.3 is 4.74 Å². The lowest BCUT2D eigenvalue weighted by Crippen LogP contribution is -2.04. The lowest BCUT2D eigenvalue weighted by molar-refractivity contribution is 0.328. The van der Waals surface area contributed by atoms with E-state index in [4.69, 9.17) is 14.8 Å². The number of hydrogen-bond acceptors (Lipinski definition) is 6. The fourth-order valence-electron chi connectivity index (χ4n) is 3.41. The molecule has 0 atom stereocenters. The van der Waals surface area contributed by atoms with Crippen molar-refractivity contribution < 1.29 is 4.74 Å². The first kappa shape index (κ1) is 20.4. The predicted molar refractivity (Wildman–Crippen MR) is 120 cm³/mol. The minimum absolute atomic E-state index is 0.240. The van der Waals surface area contributed by atoms with Crippen molar-refractivity contribution in [3.63, 3.8) is 0 Å². The largest absolute Gasteiger partial charge is 0.477 e. The number of ether oxygens (including phenoxy) is 1. The summed E-state index contributed by atoms with van der Waals surface area (Å²) < 4.78 is 9.66. The van der Waals surface area contributed by atoms with Crippen molar-refractivity contribution in [2.75, 3.05) is 6.61 Å². The van der Waals surface area contributed by atoms with Crippen molar-refractivity contribution in [3.05, 3.63) is 48.0 Å². The molecule has 7 nitrogen and oxygen atoms in total. The number of aryl methyl sites for hydroxylation is 2. The van der Waals surface area contributed by atoms with E-state index < -0.39 is 0 Å². The van der Waals surface area contributed by atoms with Gasteiger partial charge in [0.25, 0.3) is 0 Å². The Hall–Kier alpha value is -2.87. The van der Waals surface area contributed by atoms with E-state index in [1.54, 1.807) is 18.0 Å². The van der Waals surface area contributed by atoms with E-state index in [0.29, 0.717) is 12.5 Å². The second kappa shape index (κ2) is 8.47. The monoisotopic (exact) mass is 422 g/mol. The third-order valence-corrected chi connectivity index (χ3v) is 5.86. The highest BCUT2D eigenvalue weighted by atomic mass is 32.2. The zero-order chi connectivity index (χ0) is 21.3. The van der Waals surface area contributed by atoms with Crippen molar-refractivity contribution in [1.82, 2.24) is 29.5 Å². The maximum Gasteiger partial charge on any atom is 0.222 e. The molecule has 0 unspecified atom stereocenters. The van der Waals surface area contributed by atoms with Gasteiger partial charge in [0.1, 0.15) is 11.0 Å². The van der Waals surface area contributed by atoms with Crippen molar-refractivity contribution in [2.45, 2.75) is 44.4 Å². The van der Waals surface area contributed by atoms with E-state index >= 15 is 0 Å². The van der Waals surface area contributed by atoms with Crippen LogP contribution in [0, 0.1) is 6.92 Å². The molecule has 0 spiro atoms. The van der Waals surface area contributed by atoms with Crippen LogP contribution in [0.2, 0.25) is 0 Å². The number of aromatic nitrogens is 6. The molecule has 0 aliphatic rings. The number of rotatable bonds is 7. The number of thioether (sulfide) groups is 1. The van der Waals surface area contributed by atoms with Gasteiger partial charge in [0.15, 0.2) is 0 Å². The van der Waals surface area contributed by atoms with Crippen LogP contribution in [0.3, 0.4) is 0 Å². The summed E-state index contributed by atoms with van der Waals surface area (Å²) in [6.45, 7) is 8.81. The molecule has 156 valence electrons. The minimum atomic E-state index is 0.240. The Balaban J connectivity index is 1.86. The highest BCUT2D eigenvalue weighted by Gasteiger charge is 2.19. The van der Waals surface area contributed by atoms with E-state index in [1.807, 2.05) is 50.1 Å². The maximum atomic E-state index is 5.76. The van der Waals surface area contributed by atoms with Crippen molar-refractivity contribution in [3.8, 4) is 17.1 Å². The average Bonchev–Trinajstić information content (AvgIpc) is 3.30. The van der Waals surface area contributed by atoms with Crippen molar-refractivity contribution in [2.24, 2.45) is 7.05 Å². The van der Waals surface area contributed by atoms with Gasteiger partial charge in [-0.2, -0.15) is 10.2 Å². The molecule has 0 fully saturated rings. The van der Waals surface area contributed by atoms with E-state index in [-0.39, 0.29) is 6.04 Å². The van der Waals surface area contributed by atoms with Crippen LogP contribution >= 0.6 is 11.8 Å². The first-order valence-corrected chi connectivity index (χ1v) is 11.0. The summed E-state index contributed by atoms with van der Waals surface area (Å²) in [7, 11) is 1.94. The highest BCUT2D eigenvalue weighted by molar-refractivity contribution is 7.98. The molecule has 0 aliphatic carbocycles. The molecule has 0 radical (unpaired) electrons. The number of pyridine rings is 2. The quantitative estimate of drug-likeness (QED) is 0.398. The lowest BCUT2D eigenvalue weighted by atomic mass is 10.1. The molecule has 0 saturated heterocycles. The lowest BCUT2D eigenvalue weighted by Gasteiger charge is -2.13. The summed E-state index contributed by atoms with van der Waals surface area (Å²) in [6, 6.07) is 6.28. The van der Waals surface area contributed by atoms with Gasteiger partial charge in [-0.3, -0.25) is 9.36 Å². The van der Waals surface area contributed by atoms with E-state index in [0.717, 1.165) is 38.6 Å². The molecule has 0 amide bonds. The third-order valence-electron chi connectivity index (χ3n) is 4.76. The standard InChI is InChI=1S/C22H26N6OS/c1-6-29-22-17(8-7-9-23-22)18-10-19(30-13-16-11-24-27(5)12-16)21-20(25-18)15(4)26-28(21)14(2)3/h7-12,14H,6,13H2,1-5H3. The Morgan fingerprint density at radius 2 is 2.10 bits per heavy atom. The van der Waals surface area contributed by atoms with Crippen molar-refractivity contribution in [1.29, 1.82) is 0 Å². The first-order chi connectivity index (χ1) is 14.5. The van der Waals surface area contributed by atoms with Gasteiger partial charge in [0.05, 0.1) is 29.8 Å². The van der Waals surface area contributed by atoms with Crippen LogP contribution in [0.1, 0.15) is 38.1 Å². The smallest absolute Gasteiger partial charge is 0.222 e. The highest BCUT2D eigenvalue weighted by Crippen LogP contribution is 2.37. The Morgan fingerprint density at radius 3 is 2.80 bits per heavy atom. The molecule has 0 N–H and O–H groups in total. The minimum Gasteiger partial charge on any atom is -0.477 e. The van der Waals surface area contributed by atoms with E-state index in [1.165, 1.54) is 5.56 Å². The van der Waals surface area contributed by atoms with Gasteiger partial charge in [-0.15, -0.1) is 11.8 Å². The van der Waals surface area contributed by atoms with Gasteiger partial charge in [0.2, 0.25) is 5.88 Å². The van der Waals surface area contributed by atoms with Crippen LogP contribution in [0.4, 0.5) is 0 Å². The third kappa shape index (κ3) is 3.92. The first-order valence-electron chi connectivity index (χ1n) is 10.1. The summed E-state index contributed by atoms with van der Waals surface area (Å²) in [4.78, 5) is 10.5. The average molecular weight is 423 g/mol. The zero-order valence-electron chi connectivity index (χ0n) is 18.0. The molecule has 0 saturated carbocycles. The maximum absolute atomic E-state index is 5.76. The summed E-state index contributed by atoms with van der Waals surface area (Å²) in [6.07, 6.45) is 5.70. The fourth-order valence-corrected chi connectivity index (χ4v) is 4.41. The molecule has 30 heavy (non-hydrogen) atoms. The van der Waals surface area contributed by atoms with Gasteiger partial charge in [-0.25, -0.2) is 9.97 Å². The van der Waals surface area contributed by atoms with Gasteiger partial charge in [-0.1, -0.05) is 0 Å². The molecule has 8 heteroatoms. The molecule has 4 heterocycles. The van der Waals surface area contributed by atoms with Crippen LogP contribution in [0.15, 0.2) is 41.7 Å². The Morgan fingerprint density at radius 1 is 1.27 bits per heavy atom. The summed E-state index contributed by atoms with van der Waals surface area (Å²) in [5.41, 5.74) is 5.83. The molecular formula is C22H26N6OS. The Labute approximate surface area is 180 Å². The molecule has 0 aromatic carbocycles. The molecular weight excluding hydrogens is 396 g/mol. The normalized spacial score (nSPS) is 11.5. The topological polar surface area (TPSA) is 70.7 Å². The molecule has 4 rings (SSSR count). The second-order valence-electron chi connectivity index (χ2n) is 7.43.